The minimum atomic E-state index is 1.13. The van der Waals surface area contributed by atoms with Crippen LogP contribution in [0.25, 0.3) is 0 Å². The van der Waals surface area contributed by atoms with E-state index in [4.69, 9.17) is 0 Å². The molecule has 0 aromatic carbocycles. The van der Waals surface area contributed by atoms with Crippen LogP contribution in [0.1, 0.15) is 54.4 Å². The molecular weight excluding hydrogens is 192 g/mol. The van der Waals surface area contributed by atoms with Gasteiger partial charge in [-0.05, 0) is 26.7 Å². The van der Waals surface area contributed by atoms with Gasteiger partial charge < -0.3 is 0 Å². The molecule has 0 heterocycles. The lowest BCUT2D eigenvalue weighted by atomic mass is 10.2. The molecule has 0 nitrogen and oxygen atoms in total. The van der Waals surface area contributed by atoms with E-state index in [1.54, 1.807) is 0 Å². The molecule has 0 aromatic rings. The molecule has 0 unspecified atom stereocenters. The fourth-order valence-corrected chi connectivity index (χ4v) is 0.638. The lowest BCUT2D eigenvalue weighted by Crippen LogP contribution is -1.65. The summed E-state index contributed by atoms with van der Waals surface area (Å²) in [5, 5.41) is 0. The maximum atomic E-state index is 3.57. The summed E-state index contributed by atoms with van der Waals surface area (Å²) in [4.78, 5) is 0. The molecule has 0 aromatic heterocycles. The van der Waals surface area contributed by atoms with Crippen LogP contribution in [0, 0.1) is 0 Å². The molecule has 0 aliphatic heterocycles. The monoisotopic (exact) mass is 222 g/mol. The van der Waals surface area contributed by atoms with Crippen molar-refractivity contribution < 1.29 is 0 Å². The molecule has 94 valence electrons. The minimum absolute atomic E-state index is 1.13. The molecule has 0 saturated carbocycles. The zero-order valence-electron chi connectivity index (χ0n) is 12.1. The first-order valence-corrected chi connectivity index (χ1v) is 6.18. The highest BCUT2D eigenvalue weighted by Crippen LogP contribution is 1.96. The van der Waals surface area contributed by atoms with Gasteiger partial charge in [-0.3, -0.25) is 0 Å². The van der Waals surface area contributed by atoms with Crippen molar-refractivity contribution >= 4 is 0 Å². The zero-order chi connectivity index (χ0) is 13.4. The zero-order valence-corrected chi connectivity index (χ0v) is 12.1. The first kappa shape index (κ1) is 20.4. The Hall–Kier alpha value is -1.04. The van der Waals surface area contributed by atoms with Crippen molar-refractivity contribution in [1.82, 2.24) is 0 Å². The summed E-state index contributed by atoms with van der Waals surface area (Å²) in [5.74, 6) is 0. The average Bonchev–Trinajstić information content (AvgIpc) is 2.33. The van der Waals surface area contributed by atoms with Crippen molar-refractivity contribution in [2.24, 2.45) is 0 Å². The molecule has 16 heavy (non-hydrogen) atoms. The van der Waals surface area contributed by atoms with Gasteiger partial charge in [0.2, 0.25) is 0 Å². The van der Waals surface area contributed by atoms with Crippen LogP contribution >= 0.6 is 0 Å². The van der Waals surface area contributed by atoms with Crippen molar-refractivity contribution in [3.05, 3.63) is 48.6 Å². The van der Waals surface area contributed by atoms with Gasteiger partial charge in [0, 0.05) is 0 Å². The van der Waals surface area contributed by atoms with E-state index in [0.29, 0.717) is 0 Å². The van der Waals surface area contributed by atoms with Crippen LogP contribution in [0.2, 0.25) is 0 Å². The maximum absolute atomic E-state index is 3.57. The van der Waals surface area contributed by atoms with Crippen LogP contribution in [0.4, 0.5) is 0 Å². The predicted octanol–water partition coefficient (Wildman–Crippen LogP) is 6.08. The van der Waals surface area contributed by atoms with E-state index < -0.39 is 0 Å². The van der Waals surface area contributed by atoms with Crippen LogP contribution in [-0.2, 0) is 0 Å². The molecule has 0 radical (unpaired) electrons. The van der Waals surface area contributed by atoms with Gasteiger partial charge >= 0.3 is 0 Å². The first-order chi connectivity index (χ1) is 7.62. The third kappa shape index (κ3) is 23.1. The summed E-state index contributed by atoms with van der Waals surface area (Å²) in [6.45, 7) is 19.6. The molecule has 0 heteroatoms. The van der Waals surface area contributed by atoms with Gasteiger partial charge in [0.15, 0.2) is 0 Å². The Labute approximate surface area is 103 Å². The molecule has 0 fully saturated rings. The van der Waals surface area contributed by atoms with Gasteiger partial charge in [0.1, 0.15) is 0 Å². The standard InChI is InChI=1S/2C7H12.C2H6/c2*1-4-6-7(3)5-2;1-2/h2*4,6H,1,5H2,2-3H3;1-2H3/b2*7-6+;. The molecule has 0 aliphatic carbocycles. The smallest absolute Gasteiger partial charge is 0.0349 e. The Morgan fingerprint density at radius 2 is 1.06 bits per heavy atom. The van der Waals surface area contributed by atoms with Crippen LogP contribution in [0.5, 0.6) is 0 Å². The summed E-state index contributed by atoms with van der Waals surface area (Å²) >= 11 is 0. The normalized spacial score (nSPS) is 10.4. The molecule has 0 N–H and O–H groups in total. The van der Waals surface area contributed by atoms with Crippen LogP contribution < -0.4 is 0 Å². The van der Waals surface area contributed by atoms with Crippen molar-refractivity contribution in [2.75, 3.05) is 0 Å². The van der Waals surface area contributed by atoms with E-state index in [9.17, 15) is 0 Å². The molecular formula is C16H30. The lowest BCUT2D eigenvalue weighted by molar-refractivity contribution is 1.10. The summed E-state index contributed by atoms with van der Waals surface area (Å²) in [6, 6.07) is 0. The molecule has 0 rings (SSSR count). The maximum Gasteiger partial charge on any atom is -0.0349 e. The highest BCUT2D eigenvalue weighted by Gasteiger charge is 1.75. The molecule has 0 atom stereocenters. The number of hydrogen-bond donors (Lipinski definition) is 0. The number of hydrogen-bond acceptors (Lipinski definition) is 0. The molecule has 0 aliphatic rings. The summed E-state index contributed by atoms with van der Waals surface area (Å²) in [6.07, 6.45) is 9.95. The van der Waals surface area contributed by atoms with Gasteiger partial charge in [-0.25, -0.2) is 0 Å². The van der Waals surface area contributed by atoms with Crippen molar-refractivity contribution in [1.29, 1.82) is 0 Å². The molecule has 0 saturated heterocycles. The Morgan fingerprint density at radius 1 is 0.812 bits per heavy atom. The van der Waals surface area contributed by atoms with E-state index in [1.165, 1.54) is 11.1 Å². The molecule has 0 spiro atoms. The second-order valence-electron chi connectivity index (χ2n) is 3.20. The van der Waals surface area contributed by atoms with Crippen molar-refractivity contribution in [2.45, 2.75) is 54.4 Å². The van der Waals surface area contributed by atoms with E-state index in [-0.39, 0.29) is 0 Å². The third-order valence-electron chi connectivity index (χ3n) is 1.92. The second-order valence-corrected chi connectivity index (χ2v) is 3.20. The summed E-state index contributed by atoms with van der Waals surface area (Å²) < 4.78 is 0. The van der Waals surface area contributed by atoms with Crippen LogP contribution in [0.3, 0.4) is 0 Å². The van der Waals surface area contributed by atoms with E-state index >= 15 is 0 Å². The van der Waals surface area contributed by atoms with Gasteiger partial charge in [-0.2, -0.15) is 0 Å². The SMILES string of the molecule is C=C/C=C(\C)CC.C=C/C=C(\C)CC.CC. The van der Waals surface area contributed by atoms with E-state index in [1.807, 2.05) is 38.2 Å². The van der Waals surface area contributed by atoms with Gasteiger partial charge in [-0.15, -0.1) is 0 Å². The fraction of sp³-hybridized carbons (Fsp3) is 0.500. The Balaban J connectivity index is -0.000000183. The highest BCUT2D eigenvalue weighted by molar-refractivity contribution is 5.07. The molecule has 0 bridgehead atoms. The Bertz CT molecular complexity index is 180. The number of allylic oxidation sites excluding steroid dienone is 6. The fourth-order valence-electron chi connectivity index (χ4n) is 0.638. The van der Waals surface area contributed by atoms with Crippen LogP contribution in [0.15, 0.2) is 48.6 Å². The topological polar surface area (TPSA) is 0 Å². The van der Waals surface area contributed by atoms with Gasteiger partial charge in [0.25, 0.3) is 0 Å². The van der Waals surface area contributed by atoms with Gasteiger partial charge in [0.05, 0.1) is 0 Å². The predicted molar refractivity (Wildman–Crippen MR) is 79.8 cm³/mol. The van der Waals surface area contributed by atoms with E-state index in [0.717, 1.165) is 12.8 Å². The average molecular weight is 222 g/mol. The first-order valence-electron chi connectivity index (χ1n) is 6.18. The molecule has 0 amide bonds. The summed E-state index contributed by atoms with van der Waals surface area (Å²) in [7, 11) is 0. The number of rotatable bonds is 4. The quantitative estimate of drug-likeness (QED) is 0.505. The van der Waals surface area contributed by atoms with Crippen LogP contribution in [-0.4, -0.2) is 0 Å². The van der Waals surface area contributed by atoms with Gasteiger partial charge in [-0.1, -0.05) is 76.3 Å². The van der Waals surface area contributed by atoms with Crippen molar-refractivity contribution in [3.63, 3.8) is 0 Å². The van der Waals surface area contributed by atoms with E-state index in [2.05, 4.69) is 40.9 Å². The Kier molecular flexibility index (Phi) is 24.9. The lowest BCUT2D eigenvalue weighted by Gasteiger charge is -1.86. The Morgan fingerprint density at radius 3 is 1.12 bits per heavy atom. The highest BCUT2D eigenvalue weighted by atomic mass is 13.8. The summed E-state index contributed by atoms with van der Waals surface area (Å²) in [5.41, 5.74) is 2.77. The second kappa shape index (κ2) is 19.5. The minimum Gasteiger partial charge on any atom is -0.0991 e. The third-order valence-corrected chi connectivity index (χ3v) is 1.92. The largest absolute Gasteiger partial charge is 0.0991 e. The van der Waals surface area contributed by atoms with Crippen molar-refractivity contribution in [3.8, 4) is 0 Å².